The molecular formula is C19H23NO3. The van der Waals surface area contributed by atoms with Crippen LogP contribution in [0.1, 0.15) is 73.5 Å². The lowest BCUT2D eigenvalue weighted by Crippen LogP contribution is -2.47. The zero-order chi connectivity index (χ0) is 15.6. The summed E-state index contributed by atoms with van der Waals surface area (Å²) in [4.78, 5) is 14.8. The predicted octanol–water partition coefficient (Wildman–Crippen LogP) is 3.44. The number of carbonyl (C=O) groups is 1. The summed E-state index contributed by atoms with van der Waals surface area (Å²) in [6, 6.07) is 7.23. The highest BCUT2D eigenvalue weighted by Crippen LogP contribution is 2.53. The number of esters is 1. The third-order valence-corrected chi connectivity index (χ3v) is 6.52. The van der Waals surface area contributed by atoms with Crippen LogP contribution in [-0.4, -0.2) is 30.1 Å². The highest BCUT2D eigenvalue weighted by atomic mass is 16.5. The van der Waals surface area contributed by atoms with Gasteiger partial charge in [-0.25, -0.2) is 0 Å². The Bertz CT molecular complexity index is 673. The van der Waals surface area contributed by atoms with E-state index in [-0.39, 0.29) is 11.5 Å². The van der Waals surface area contributed by atoms with Crippen molar-refractivity contribution in [2.75, 3.05) is 13.7 Å². The smallest absolute Gasteiger partial charge is 0.326 e. The fourth-order valence-electron chi connectivity index (χ4n) is 5.48. The fraction of sp³-hybridized carbons (Fsp3) is 0.632. The number of rotatable bonds is 2. The summed E-state index contributed by atoms with van der Waals surface area (Å²) < 4.78 is 11.2. The van der Waals surface area contributed by atoms with Crippen LogP contribution in [0.3, 0.4) is 0 Å². The molecule has 2 bridgehead atoms. The van der Waals surface area contributed by atoms with Gasteiger partial charge in [0.05, 0.1) is 19.3 Å². The van der Waals surface area contributed by atoms with Crippen molar-refractivity contribution in [1.82, 2.24) is 4.90 Å². The molecule has 1 aromatic rings. The fourth-order valence-corrected chi connectivity index (χ4v) is 5.48. The van der Waals surface area contributed by atoms with E-state index in [9.17, 15) is 4.79 Å². The van der Waals surface area contributed by atoms with Gasteiger partial charge >= 0.3 is 5.97 Å². The number of benzene rings is 1. The van der Waals surface area contributed by atoms with Gasteiger partial charge in [0.25, 0.3) is 0 Å². The Morgan fingerprint density at radius 2 is 2.04 bits per heavy atom. The van der Waals surface area contributed by atoms with Crippen LogP contribution in [0.5, 0.6) is 0 Å². The first-order valence-corrected chi connectivity index (χ1v) is 8.87. The molecular weight excluding hydrogens is 290 g/mol. The average Bonchev–Trinajstić information content (AvgIpc) is 3.32. The average molecular weight is 313 g/mol. The molecule has 0 spiro atoms. The van der Waals surface area contributed by atoms with Crippen molar-refractivity contribution in [3.8, 4) is 0 Å². The van der Waals surface area contributed by atoms with E-state index in [2.05, 4.69) is 23.1 Å². The minimum Gasteiger partial charge on any atom is -0.468 e. The molecule has 0 aliphatic carbocycles. The van der Waals surface area contributed by atoms with E-state index in [1.807, 2.05) is 0 Å². The summed E-state index contributed by atoms with van der Waals surface area (Å²) in [7, 11) is 1.52. The van der Waals surface area contributed by atoms with Crippen LogP contribution in [0, 0.1) is 0 Å². The molecule has 4 heteroatoms. The zero-order valence-electron chi connectivity index (χ0n) is 13.6. The first kappa shape index (κ1) is 14.0. The van der Waals surface area contributed by atoms with Crippen molar-refractivity contribution in [3.05, 3.63) is 34.9 Å². The molecule has 122 valence electrons. The van der Waals surface area contributed by atoms with E-state index in [0.717, 1.165) is 45.1 Å². The summed E-state index contributed by atoms with van der Waals surface area (Å²) in [5.74, 6) is -0.0407. The quantitative estimate of drug-likeness (QED) is 0.784. The minimum atomic E-state index is -0.367. The second kappa shape index (κ2) is 4.81. The molecule has 4 atom stereocenters. The van der Waals surface area contributed by atoms with E-state index in [4.69, 9.17) is 9.47 Å². The van der Waals surface area contributed by atoms with E-state index < -0.39 is 0 Å². The van der Waals surface area contributed by atoms with E-state index in [1.165, 1.54) is 23.8 Å². The Hall–Kier alpha value is -1.39. The van der Waals surface area contributed by atoms with Gasteiger partial charge in [0.2, 0.25) is 0 Å². The molecule has 3 fully saturated rings. The monoisotopic (exact) mass is 313 g/mol. The van der Waals surface area contributed by atoms with Gasteiger partial charge in [0.15, 0.2) is 0 Å². The highest BCUT2D eigenvalue weighted by Gasteiger charge is 2.55. The van der Waals surface area contributed by atoms with Crippen molar-refractivity contribution < 1.29 is 14.3 Å². The van der Waals surface area contributed by atoms with Crippen LogP contribution < -0.4 is 0 Å². The number of ether oxygens (including phenoxy) is 2. The van der Waals surface area contributed by atoms with E-state index in [0.29, 0.717) is 18.2 Å². The molecule has 4 nitrogen and oxygen atoms in total. The van der Waals surface area contributed by atoms with Gasteiger partial charge in [0.1, 0.15) is 5.54 Å². The lowest BCUT2D eigenvalue weighted by atomic mass is 9.88. The second-order valence-electron chi connectivity index (χ2n) is 7.45. The van der Waals surface area contributed by atoms with Crippen LogP contribution in [0.15, 0.2) is 18.2 Å². The Balaban J connectivity index is 1.50. The van der Waals surface area contributed by atoms with Crippen molar-refractivity contribution in [3.63, 3.8) is 0 Å². The van der Waals surface area contributed by atoms with Gasteiger partial charge in [-0.15, -0.1) is 0 Å². The lowest BCUT2D eigenvalue weighted by molar-refractivity contribution is -0.152. The molecule has 5 rings (SSSR count). The highest BCUT2D eigenvalue weighted by molar-refractivity contribution is 5.81. The standard InChI is InChI=1S/C19H23NO3/c1-22-18(21)19-8-2-10-20(19)15(7-9-19)12-3-4-13-14(11-12)17-6-5-16(13)23-17/h3-4,11,15-17H,2,5-10H2,1H3. The van der Waals surface area contributed by atoms with Gasteiger partial charge < -0.3 is 9.47 Å². The maximum Gasteiger partial charge on any atom is 0.326 e. The molecule has 4 unspecified atom stereocenters. The van der Waals surface area contributed by atoms with E-state index >= 15 is 0 Å². The molecule has 4 heterocycles. The molecule has 0 N–H and O–H groups in total. The Kier molecular flexibility index (Phi) is 2.92. The van der Waals surface area contributed by atoms with Crippen LogP contribution in [0.25, 0.3) is 0 Å². The summed E-state index contributed by atoms with van der Waals surface area (Å²) in [5, 5.41) is 0. The van der Waals surface area contributed by atoms with Gasteiger partial charge in [-0.2, -0.15) is 0 Å². The van der Waals surface area contributed by atoms with Crippen LogP contribution in [-0.2, 0) is 14.3 Å². The predicted molar refractivity (Wildman–Crippen MR) is 84.9 cm³/mol. The molecule has 23 heavy (non-hydrogen) atoms. The summed E-state index contributed by atoms with van der Waals surface area (Å²) in [5.41, 5.74) is 3.78. The third-order valence-electron chi connectivity index (χ3n) is 6.52. The van der Waals surface area contributed by atoms with Gasteiger partial charge in [-0.3, -0.25) is 9.69 Å². The summed E-state index contributed by atoms with van der Waals surface area (Å²) in [6.07, 6.45) is 6.94. The molecule has 0 amide bonds. The Morgan fingerprint density at radius 3 is 2.87 bits per heavy atom. The maximum absolute atomic E-state index is 12.4. The van der Waals surface area contributed by atoms with Crippen molar-refractivity contribution in [2.24, 2.45) is 0 Å². The number of fused-ring (bicyclic) bond motifs is 6. The summed E-state index contributed by atoms with van der Waals surface area (Å²) >= 11 is 0. The summed E-state index contributed by atoms with van der Waals surface area (Å²) in [6.45, 7) is 0.999. The van der Waals surface area contributed by atoms with Gasteiger partial charge in [0, 0.05) is 6.04 Å². The van der Waals surface area contributed by atoms with E-state index in [1.54, 1.807) is 0 Å². The zero-order valence-corrected chi connectivity index (χ0v) is 13.6. The lowest BCUT2D eigenvalue weighted by Gasteiger charge is -2.32. The SMILES string of the molecule is COC(=O)C12CCCN1C(c1ccc3c(c1)C1CCC3O1)CC2. The van der Waals surface area contributed by atoms with Crippen molar-refractivity contribution in [2.45, 2.75) is 62.3 Å². The Morgan fingerprint density at radius 1 is 1.22 bits per heavy atom. The first-order chi connectivity index (χ1) is 11.2. The van der Waals surface area contributed by atoms with Crippen LogP contribution in [0.4, 0.5) is 0 Å². The molecule has 4 aliphatic rings. The van der Waals surface area contributed by atoms with Gasteiger partial charge in [-0.1, -0.05) is 18.2 Å². The molecule has 0 radical (unpaired) electrons. The molecule has 0 saturated carbocycles. The molecule has 0 aromatic heterocycles. The molecule has 4 aliphatic heterocycles. The number of hydrogen-bond acceptors (Lipinski definition) is 4. The number of carbonyl (C=O) groups excluding carboxylic acids is 1. The maximum atomic E-state index is 12.4. The topological polar surface area (TPSA) is 38.8 Å². The number of methoxy groups -OCH3 is 1. The minimum absolute atomic E-state index is 0.0407. The largest absolute Gasteiger partial charge is 0.468 e. The third kappa shape index (κ3) is 1.76. The van der Waals surface area contributed by atoms with Gasteiger partial charge in [-0.05, 0) is 61.8 Å². The second-order valence-corrected chi connectivity index (χ2v) is 7.45. The molecule has 1 aromatic carbocycles. The molecule has 3 saturated heterocycles. The first-order valence-electron chi connectivity index (χ1n) is 8.87. The van der Waals surface area contributed by atoms with Crippen LogP contribution in [0.2, 0.25) is 0 Å². The van der Waals surface area contributed by atoms with Crippen molar-refractivity contribution in [1.29, 1.82) is 0 Å². The van der Waals surface area contributed by atoms with Crippen LogP contribution >= 0.6 is 0 Å². The normalized spacial score (nSPS) is 37.9. The van der Waals surface area contributed by atoms with Crippen molar-refractivity contribution >= 4 is 5.97 Å². The number of hydrogen-bond donors (Lipinski definition) is 0. The Labute approximate surface area is 136 Å². The number of nitrogens with zero attached hydrogens (tertiary/aromatic N) is 1.